The van der Waals surface area contributed by atoms with Crippen molar-refractivity contribution in [2.45, 2.75) is 44.4 Å². The van der Waals surface area contributed by atoms with Crippen LogP contribution in [0.1, 0.15) is 31.7 Å². The molecule has 3 fully saturated rings. The number of carbonyl (C=O) groups is 2. The summed E-state index contributed by atoms with van der Waals surface area (Å²) in [5, 5.41) is 15.2. The molecule has 0 saturated heterocycles. The molecule has 0 spiro atoms. The monoisotopic (exact) mass is 520 g/mol. The summed E-state index contributed by atoms with van der Waals surface area (Å²) >= 11 is 12.1. The molecule has 1 amide bonds. The Hall–Kier alpha value is -2.36. The number of benzene rings is 2. The van der Waals surface area contributed by atoms with E-state index in [0.29, 0.717) is 15.7 Å². The molecule has 0 aliphatic heterocycles. The number of aliphatic carboxylic acids is 1. The first-order chi connectivity index (χ1) is 15.8. The standard InChI is InChI=1S/C21H21Cl2FN2O.C2HF3O2/c1-13(19(27)26-16-5-3-15(24)4-6-16)20-10-21(11-20,12-20)25-9-14-2-7-17(22)18(23)8-14;3-2(4,5)1(6)7/h2-8,13,25H,9-12H2,1H3,(H,26,27);(H,6,7)/t13-,20?,21?;/m1./s1. The molecule has 5 nitrogen and oxygen atoms in total. The third-order valence-corrected chi connectivity index (χ3v) is 7.26. The first kappa shape index (κ1) is 26.2. The van der Waals surface area contributed by atoms with Crippen LogP contribution in [0.3, 0.4) is 0 Å². The van der Waals surface area contributed by atoms with Crippen molar-refractivity contribution in [2.24, 2.45) is 11.3 Å². The lowest BCUT2D eigenvalue weighted by Crippen LogP contribution is -3.05. The number of hydrogen-bond acceptors (Lipinski definition) is 3. The third-order valence-electron chi connectivity index (χ3n) is 6.52. The van der Waals surface area contributed by atoms with E-state index in [-0.39, 0.29) is 28.6 Å². The third kappa shape index (κ3) is 5.82. The summed E-state index contributed by atoms with van der Waals surface area (Å²) in [6.07, 6.45) is -2.03. The van der Waals surface area contributed by atoms with Gasteiger partial charge in [-0.25, -0.2) is 4.39 Å². The summed E-state index contributed by atoms with van der Waals surface area (Å²) in [6, 6.07) is 11.6. The van der Waals surface area contributed by atoms with Gasteiger partial charge in [0.05, 0.1) is 15.6 Å². The van der Waals surface area contributed by atoms with Crippen molar-refractivity contribution >= 4 is 40.8 Å². The molecular formula is C23H22Cl2F4N2O3. The molecule has 2 bridgehead atoms. The van der Waals surface area contributed by atoms with Crippen LogP contribution < -0.4 is 15.7 Å². The number of nitrogens with two attached hydrogens (primary N) is 1. The van der Waals surface area contributed by atoms with Crippen LogP contribution in [0, 0.1) is 17.2 Å². The molecule has 0 aromatic heterocycles. The Balaban J connectivity index is 0.000000406. The van der Waals surface area contributed by atoms with Gasteiger partial charge in [-0.3, -0.25) is 4.79 Å². The molecule has 184 valence electrons. The van der Waals surface area contributed by atoms with E-state index in [1.165, 1.54) is 12.1 Å². The van der Waals surface area contributed by atoms with E-state index >= 15 is 0 Å². The molecule has 5 rings (SSSR count). The Labute approximate surface area is 203 Å². The fourth-order valence-corrected chi connectivity index (χ4v) is 5.01. The van der Waals surface area contributed by atoms with Crippen molar-refractivity contribution in [3.63, 3.8) is 0 Å². The van der Waals surface area contributed by atoms with Crippen LogP contribution in [0.25, 0.3) is 0 Å². The fourth-order valence-electron chi connectivity index (χ4n) is 4.69. The molecule has 0 heterocycles. The number of amides is 1. The van der Waals surface area contributed by atoms with Crippen molar-refractivity contribution in [1.82, 2.24) is 0 Å². The van der Waals surface area contributed by atoms with Crippen LogP contribution in [-0.2, 0) is 16.1 Å². The van der Waals surface area contributed by atoms with Crippen LogP contribution in [0.15, 0.2) is 42.5 Å². The Morgan fingerprint density at radius 1 is 1.09 bits per heavy atom. The average molecular weight is 521 g/mol. The molecule has 2 aromatic carbocycles. The van der Waals surface area contributed by atoms with E-state index in [1.54, 1.807) is 12.1 Å². The molecule has 3 aliphatic carbocycles. The Kier molecular flexibility index (Phi) is 7.50. The van der Waals surface area contributed by atoms with Gasteiger partial charge in [0.2, 0.25) is 5.91 Å². The highest BCUT2D eigenvalue weighted by Crippen LogP contribution is 2.68. The summed E-state index contributed by atoms with van der Waals surface area (Å²) < 4.78 is 44.5. The average Bonchev–Trinajstić information content (AvgIpc) is 2.70. The quantitative estimate of drug-likeness (QED) is 0.569. The molecule has 1 atom stereocenters. The van der Waals surface area contributed by atoms with Crippen molar-refractivity contribution in [3.8, 4) is 0 Å². The zero-order valence-corrected chi connectivity index (χ0v) is 19.5. The topological polar surface area (TPSA) is 85.8 Å². The highest BCUT2D eigenvalue weighted by atomic mass is 35.5. The van der Waals surface area contributed by atoms with Crippen LogP contribution in [-0.4, -0.2) is 23.6 Å². The fraction of sp³-hybridized carbons (Fsp3) is 0.391. The second-order valence-electron chi connectivity index (χ2n) is 8.91. The van der Waals surface area contributed by atoms with Gasteiger partial charge < -0.3 is 20.5 Å². The molecule has 3 aliphatic rings. The number of anilines is 1. The molecule has 11 heteroatoms. The van der Waals surface area contributed by atoms with E-state index < -0.39 is 12.1 Å². The smallest absolute Gasteiger partial charge is 0.430 e. The minimum Gasteiger partial charge on any atom is -0.542 e. The van der Waals surface area contributed by atoms with E-state index in [4.69, 9.17) is 33.1 Å². The highest BCUT2D eigenvalue weighted by molar-refractivity contribution is 6.42. The van der Waals surface area contributed by atoms with Gasteiger partial charge >= 0.3 is 6.18 Å². The Bertz CT molecular complexity index is 1060. The maximum absolute atomic E-state index is 13.0. The van der Waals surface area contributed by atoms with Gasteiger partial charge in [-0.2, -0.15) is 13.2 Å². The maximum Gasteiger partial charge on any atom is 0.430 e. The summed E-state index contributed by atoms with van der Waals surface area (Å²) in [5.41, 5.74) is 2.17. The van der Waals surface area contributed by atoms with Crippen molar-refractivity contribution in [2.75, 3.05) is 5.32 Å². The van der Waals surface area contributed by atoms with Crippen molar-refractivity contribution in [3.05, 3.63) is 63.9 Å². The van der Waals surface area contributed by atoms with Gasteiger partial charge in [0.15, 0.2) is 0 Å². The van der Waals surface area contributed by atoms with Gasteiger partial charge in [0.25, 0.3) is 0 Å². The minimum atomic E-state index is -5.19. The van der Waals surface area contributed by atoms with Crippen molar-refractivity contribution < 1.29 is 37.6 Å². The summed E-state index contributed by atoms with van der Waals surface area (Å²) in [7, 11) is 0. The van der Waals surface area contributed by atoms with E-state index in [1.807, 2.05) is 25.1 Å². The van der Waals surface area contributed by atoms with Gasteiger partial charge in [-0.05, 0) is 41.8 Å². The molecular weight excluding hydrogens is 499 g/mol. The molecule has 34 heavy (non-hydrogen) atoms. The lowest BCUT2D eigenvalue weighted by atomic mass is 9.36. The number of carbonyl (C=O) groups excluding carboxylic acids is 2. The summed E-state index contributed by atoms with van der Waals surface area (Å²) in [5.74, 6) is -3.35. The van der Waals surface area contributed by atoms with Crippen molar-refractivity contribution in [1.29, 1.82) is 0 Å². The number of quaternary nitrogens is 1. The second-order valence-corrected chi connectivity index (χ2v) is 9.73. The zero-order valence-electron chi connectivity index (χ0n) is 18.0. The van der Waals surface area contributed by atoms with Gasteiger partial charge in [0.1, 0.15) is 18.3 Å². The number of nitrogens with one attached hydrogen (secondary N) is 1. The predicted molar refractivity (Wildman–Crippen MR) is 116 cm³/mol. The molecule has 2 aromatic rings. The number of carboxylic acid groups (broad SMARTS) is 1. The van der Waals surface area contributed by atoms with E-state index in [9.17, 15) is 22.4 Å². The number of halogens is 6. The summed E-state index contributed by atoms with van der Waals surface area (Å²) in [6.45, 7) is 2.87. The number of hydrogen-bond donors (Lipinski definition) is 2. The largest absolute Gasteiger partial charge is 0.542 e. The maximum atomic E-state index is 13.0. The van der Waals surface area contributed by atoms with Crippen LogP contribution in [0.2, 0.25) is 10.0 Å². The first-order valence-electron chi connectivity index (χ1n) is 10.4. The summed E-state index contributed by atoms with van der Waals surface area (Å²) in [4.78, 5) is 21.4. The number of carboxylic acids is 1. The molecule has 0 unspecified atom stereocenters. The van der Waals surface area contributed by atoms with Gasteiger partial charge in [-0.1, -0.05) is 36.2 Å². The number of rotatable bonds is 6. The predicted octanol–water partition coefficient (Wildman–Crippen LogP) is 3.69. The zero-order chi connectivity index (χ0) is 25.3. The van der Waals surface area contributed by atoms with Crippen LogP contribution in [0.4, 0.5) is 23.2 Å². The molecule has 3 saturated carbocycles. The lowest BCUT2D eigenvalue weighted by Gasteiger charge is -2.69. The minimum absolute atomic E-state index is 0.0133. The van der Waals surface area contributed by atoms with Gasteiger partial charge in [0, 0.05) is 36.4 Å². The van der Waals surface area contributed by atoms with Crippen LogP contribution >= 0.6 is 23.2 Å². The van der Waals surface area contributed by atoms with Crippen LogP contribution in [0.5, 0.6) is 0 Å². The van der Waals surface area contributed by atoms with E-state index in [0.717, 1.165) is 31.4 Å². The molecule has 0 radical (unpaired) electrons. The Morgan fingerprint density at radius 2 is 1.65 bits per heavy atom. The molecule has 3 N–H and O–H groups in total. The highest BCUT2D eigenvalue weighted by Gasteiger charge is 2.73. The first-order valence-corrected chi connectivity index (χ1v) is 11.1. The second kappa shape index (κ2) is 9.71. The van der Waals surface area contributed by atoms with Gasteiger partial charge in [-0.15, -0.1) is 0 Å². The number of alkyl halides is 3. The normalized spacial score (nSPS) is 23.5. The van der Waals surface area contributed by atoms with E-state index in [2.05, 4.69) is 10.6 Å². The lowest BCUT2D eigenvalue weighted by molar-refractivity contribution is -0.788. The SMILES string of the molecule is C[C@H](C(=O)Nc1ccc(F)cc1)C12CC([NH2+]Cc3ccc(Cl)c(Cl)c3)(C1)C2.O=C([O-])C(F)(F)F. The Morgan fingerprint density at radius 3 is 2.15 bits per heavy atom.